The van der Waals surface area contributed by atoms with Crippen LogP contribution < -0.4 is 0 Å². The maximum Gasteiger partial charge on any atom is 0.252 e. The molecule has 140 valence electrons. The molecule has 2 aromatic rings. The van der Waals surface area contributed by atoms with Crippen LogP contribution in [0.5, 0.6) is 0 Å². The van der Waals surface area contributed by atoms with Gasteiger partial charge in [0.2, 0.25) is 0 Å². The Morgan fingerprint density at radius 3 is 2.78 bits per heavy atom. The van der Waals surface area contributed by atoms with Crippen molar-refractivity contribution in [3.63, 3.8) is 0 Å². The maximum atomic E-state index is 13.4. The van der Waals surface area contributed by atoms with Gasteiger partial charge in [0.15, 0.2) is 0 Å². The van der Waals surface area contributed by atoms with Gasteiger partial charge in [-0.25, -0.2) is 4.39 Å². The molecule has 0 aromatic heterocycles. The third-order valence-corrected chi connectivity index (χ3v) is 5.23. The Morgan fingerprint density at radius 2 is 2.00 bits per heavy atom. The lowest BCUT2D eigenvalue weighted by atomic mass is 9.87. The molecule has 1 amide bonds. The molecule has 0 unspecified atom stereocenters. The van der Waals surface area contributed by atoms with E-state index in [0.717, 1.165) is 23.1 Å². The molecule has 0 bridgehead atoms. The predicted octanol–water partition coefficient (Wildman–Crippen LogP) is 3.62. The van der Waals surface area contributed by atoms with E-state index in [1.165, 1.54) is 17.7 Å². The van der Waals surface area contributed by atoms with Gasteiger partial charge in [0.1, 0.15) is 11.9 Å². The van der Waals surface area contributed by atoms with Crippen molar-refractivity contribution in [3.8, 4) is 0 Å². The Labute approximate surface area is 158 Å². The zero-order chi connectivity index (χ0) is 18.8. The Hall–Kier alpha value is -2.66. The fourth-order valence-electron chi connectivity index (χ4n) is 3.96. The molecule has 0 spiro atoms. The number of hydrogen-bond acceptors (Lipinski definition) is 3. The highest BCUT2D eigenvalue weighted by Crippen LogP contribution is 2.36. The molecule has 2 atom stereocenters. The van der Waals surface area contributed by atoms with Crippen LogP contribution in [0, 0.1) is 5.82 Å². The zero-order valence-corrected chi connectivity index (χ0v) is 15.2. The first-order valence-electron chi connectivity index (χ1n) is 9.13. The van der Waals surface area contributed by atoms with E-state index >= 15 is 0 Å². The summed E-state index contributed by atoms with van der Waals surface area (Å²) in [5, 5.41) is 0. The fourth-order valence-corrected chi connectivity index (χ4v) is 3.96. The van der Waals surface area contributed by atoms with E-state index < -0.39 is 6.10 Å². The second-order valence-electron chi connectivity index (χ2n) is 6.95. The predicted molar refractivity (Wildman–Crippen MR) is 99.6 cm³/mol. The smallest absolute Gasteiger partial charge is 0.252 e. The van der Waals surface area contributed by atoms with Gasteiger partial charge in [-0.3, -0.25) is 4.79 Å². The Morgan fingerprint density at radius 1 is 1.22 bits per heavy atom. The molecule has 5 heteroatoms. The number of amides is 1. The van der Waals surface area contributed by atoms with Crippen LogP contribution in [0.25, 0.3) is 0 Å². The number of carbonyl (C=O) groups excluding carboxylic acids is 1. The Bertz CT molecular complexity index is 862. The van der Waals surface area contributed by atoms with E-state index in [2.05, 4.69) is 12.1 Å². The van der Waals surface area contributed by atoms with Crippen molar-refractivity contribution in [3.05, 3.63) is 82.9 Å². The van der Waals surface area contributed by atoms with E-state index in [4.69, 9.17) is 9.47 Å². The van der Waals surface area contributed by atoms with Crippen LogP contribution in [0.4, 0.5) is 4.39 Å². The first-order valence-corrected chi connectivity index (χ1v) is 9.13. The van der Waals surface area contributed by atoms with E-state index in [0.29, 0.717) is 19.6 Å². The number of carbonyl (C=O) groups is 1. The number of ether oxygens (including phenoxy) is 2. The lowest BCUT2D eigenvalue weighted by Gasteiger charge is -2.38. The van der Waals surface area contributed by atoms with Gasteiger partial charge in [-0.1, -0.05) is 36.4 Å². The highest BCUT2D eigenvalue weighted by atomic mass is 19.1. The lowest BCUT2D eigenvalue weighted by molar-refractivity contribution is -0.143. The normalized spacial score (nSPS) is 23.3. The number of nitrogens with zero attached hydrogens (tertiary/aromatic N) is 1. The van der Waals surface area contributed by atoms with Crippen molar-refractivity contribution in [1.29, 1.82) is 0 Å². The first-order chi connectivity index (χ1) is 13.2. The molecule has 0 N–H and O–H groups in total. The van der Waals surface area contributed by atoms with Crippen LogP contribution in [0.3, 0.4) is 0 Å². The van der Waals surface area contributed by atoms with Crippen LogP contribution >= 0.6 is 0 Å². The average Bonchev–Trinajstić information content (AvgIpc) is 3.16. The monoisotopic (exact) mass is 367 g/mol. The van der Waals surface area contributed by atoms with Crippen LogP contribution in [-0.2, 0) is 20.7 Å². The number of benzene rings is 2. The quantitative estimate of drug-likeness (QED) is 0.778. The van der Waals surface area contributed by atoms with Gasteiger partial charge in [0.05, 0.1) is 26.0 Å². The van der Waals surface area contributed by atoms with Crippen molar-refractivity contribution in [2.75, 3.05) is 20.3 Å². The third-order valence-electron chi connectivity index (χ3n) is 5.23. The molecule has 2 aromatic carbocycles. The van der Waals surface area contributed by atoms with Crippen molar-refractivity contribution in [2.45, 2.75) is 25.0 Å². The number of halogens is 1. The van der Waals surface area contributed by atoms with Gasteiger partial charge in [0, 0.05) is 13.0 Å². The third kappa shape index (κ3) is 3.47. The molecular weight excluding hydrogens is 345 g/mol. The Balaban J connectivity index is 1.68. The topological polar surface area (TPSA) is 38.8 Å². The van der Waals surface area contributed by atoms with Gasteiger partial charge in [-0.15, -0.1) is 0 Å². The van der Waals surface area contributed by atoms with Gasteiger partial charge >= 0.3 is 0 Å². The molecule has 1 fully saturated rings. The van der Waals surface area contributed by atoms with Gasteiger partial charge in [0.25, 0.3) is 5.91 Å². The summed E-state index contributed by atoms with van der Waals surface area (Å²) in [6.45, 7) is 1.02. The minimum absolute atomic E-state index is 0.0293. The number of hydrogen-bond donors (Lipinski definition) is 0. The molecule has 1 saturated heterocycles. The van der Waals surface area contributed by atoms with Gasteiger partial charge in [-0.05, 0) is 40.8 Å². The SMILES string of the molecule is CO/C=C1/CO[C@H](C(=O)N2CCc3ccccc3[C@@H]2c2ccc(F)cc2)C1. The summed E-state index contributed by atoms with van der Waals surface area (Å²) >= 11 is 0. The standard InChI is InChI=1S/C22H22FNO3/c1-26-13-15-12-20(27-14-15)22(25)24-11-10-16-4-2-3-5-19(16)21(24)17-6-8-18(23)9-7-17/h2-9,13,20-21H,10-12,14H2,1H3/b15-13+/t20-,21-/m0/s1. The second kappa shape index (κ2) is 7.53. The lowest BCUT2D eigenvalue weighted by Crippen LogP contribution is -2.45. The molecule has 0 aliphatic carbocycles. The van der Waals surface area contributed by atoms with Gasteiger partial charge in [-0.2, -0.15) is 0 Å². The number of fused-ring (bicyclic) bond motifs is 1. The summed E-state index contributed by atoms with van der Waals surface area (Å²) in [6.07, 6.45) is 2.49. The largest absolute Gasteiger partial charge is 0.504 e. The summed E-state index contributed by atoms with van der Waals surface area (Å²) in [5.74, 6) is -0.312. The van der Waals surface area contributed by atoms with Crippen molar-refractivity contribution in [1.82, 2.24) is 4.90 Å². The van der Waals surface area contributed by atoms with Crippen LogP contribution in [0.2, 0.25) is 0 Å². The molecule has 0 radical (unpaired) electrons. The van der Waals surface area contributed by atoms with Crippen LogP contribution in [0.15, 0.2) is 60.4 Å². The summed E-state index contributed by atoms with van der Waals surface area (Å²) < 4.78 is 24.2. The molecule has 2 aliphatic heterocycles. The maximum absolute atomic E-state index is 13.4. The summed E-state index contributed by atoms with van der Waals surface area (Å²) in [7, 11) is 1.59. The van der Waals surface area contributed by atoms with Crippen LogP contribution in [-0.4, -0.2) is 37.2 Å². The van der Waals surface area contributed by atoms with Crippen molar-refractivity contribution in [2.24, 2.45) is 0 Å². The molecule has 4 nitrogen and oxygen atoms in total. The molecule has 0 saturated carbocycles. The molecule has 2 aliphatic rings. The fraction of sp³-hybridized carbons (Fsp3) is 0.318. The minimum atomic E-state index is -0.500. The number of rotatable bonds is 3. The second-order valence-corrected chi connectivity index (χ2v) is 6.95. The minimum Gasteiger partial charge on any atom is -0.504 e. The summed E-state index contributed by atoms with van der Waals surface area (Å²) in [6, 6.07) is 14.3. The van der Waals surface area contributed by atoms with Gasteiger partial charge < -0.3 is 14.4 Å². The summed E-state index contributed by atoms with van der Waals surface area (Å²) in [5.41, 5.74) is 4.20. The van der Waals surface area contributed by atoms with Crippen LogP contribution in [0.1, 0.15) is 29.2 Å². The molecule has 4 rings (SSSR count). The Kier molecular flexibility index (Phi) is 4.94. The molecular formula is C22H22FNO3. The number of methoxy groups -OCH3 is 1. The highest BCUT2D eigenvalue weighted by molar-refractivity contribution is 5.83. The van der Waals surface area contributed by atoms with E-state index in [1.807, 2.05) is 17.0 Å². The molecule has 2 heterocycles. The zero-order valence-electron chi connectivity index (χ0n) is 15.2. The van der Waals surface area contributed by atoms with E-state index in [-0.39, 0.29) is 17.8 Å². The first kappa shape index (κ1) is 17.7. The van der Waals surface area contributed by atoms with E-state index in [9.17, 15) is 9.18 Å². The van der Waals surface area contributed by atoms with Crippen molar-refractivity contribution >= 4 is 5.91 Å². The average molecular weight is 367 g/mol. The van der Waals surface area contributed by atoms with E-state index in [1.54, 1.807) is 25.5 Å². The summed E-state index contributed by atoms with van der Waals surface area (Å²) in [4.78, 5) is 15.1. The molecule has 27 heavy (non-hydrogen) atoms. The highest BCUT2D eigenvalue weighted by Gasteiger charge is 2.37. The van der Waals surface area contributed by atoms with Crippen molar-refractivity contribution < 1.29 is 18.7 Å².